The van der Waals surface area contributed by atoms with E-state index >= 15 is 0 Å². The topological polar surface area (TPSA) is 35.5 Å². The van der Waals surface area contributed by atoms with Gasteiger partial charge in [0.1, 0.15) is 5.82 Å². The van der Waals surface area contributed by atoms with E-state index in [-0.39, 0.29) is 0 Å². The smallest absolute Gasteiger partial charge is 0.270 e. The lowest BCUT2D eigenvalue weighted by molar-refractivity contribution is 0.0451. The molecule has 2 aromatic rings. The first-order valence-corrected chi connectivity index (χ1v) is 5.45. The second-order valence-corrected chi connectivity index (χ2v) is 3.88. The minimum atomic E-state index is -0.845. The van der Waals surface area contributed by atoms with Crippen LogP contribution in [0.1, 0.15) is 22.2 Å². The quantitative estimate of drug-likeness (QED) is 0.761. The van der Waals surface area contributed by atoms with Gasteiger partial charge in [-0.2, -0.15) is 0 Å². The van der Waals surface area contributed by atoms with Crippen molar-refractivity contribution in [1.82, 2.24) is 0 Å². The zero-order chi connectivity index (χ0) is 12.5. The molecule has 0 aromatic heterocycles. The third-order valence-electron chi connectivity index (χ3n) is 2.75. The zero-order valence-corrected chi connectivity index (χ0v) is 9.30. The molecule has 18 heavy (non-hydrogen) atoms. The lowest BCUT2D eigenvalue weighted by Crippen LogP contribution is -2.10. The summed E-state index contributed by atoms with van der Waals surface area (Å²) < 4.78 is 24.6. The first kappa shape index (κ1) is 10.8. The molecule has 0 N–H and O–H groups in total. The molecule has 90 valence electrons. The van der Waals surface area contributed by atoms with Gasteiger partial charge in [0.15, 0.2) is 17.8 Å². The Hall–Kier alpha value is -2.36. The highest BCUT2D eigenvalue weighted by molar-refractivity contribution is 5.81. The highest BCUT2D eigenvalue weighted by atomic mass is 19.1. The number of benzene rings is 2. The lowest BCUT2D eigenvalue weighted by atomic mass is 10.2. The summed E-state index contributed by atoms with van der Waals surface area (Å²) in [6.07, 6.45) is -0.159. The number of hydrogen-bond donors (Lipinski definition) is 0. The van der Waals surface area contributed by atoms with E-state index in [0.29, 0.717) is 28.9 Å². The van der Waals surface area contributed by atoms with Crippen LogP contribution in [0.25, 0.3) is 0 Å². The van der Waals surface area contributed by atoms with Crippen molar-refractivity contribution in [3.63, 3.8) is 0 Å². The molecule has 0 amide bonds. The largest absolute Gasteiger partial charge is 0.447 e. The van der Waals surface area contributed by atoms with E-state index in [0.717, 1.165) is 0 Å². The number of rotatable bonds is 2. The van der Waals surface area contributed by atoms with Crippen LogP contribution < -0.4 is 9.47 Å². The minimum absolute atomic E-state index is 0.311. The molecule has 0 saturated heterocycles. The summed E-state index contributed by atoms with van der Waals surface area (Å²) in [4.78, 5) is 10.9. The fraction of sp³-hybridized carbons (Fsp3) is 0.0714. The first-order chi connectivity index (χ1) is 8.79. The molecule has 0 unspecified atom stereocenters. The molecule has 1 heterocycles. The third-order valence-corrected chi connectivity index (χ3v) is 2.75. The molecule has 1 aliphatic heterocycles. The molecule has 2 aromatic carbocycles. The van der Waals surface area contributed by atoms with Crippen LogP contribution in [0, 0.1) is 5.82 Å². The fourth-order valence-electron chi connectivity index (χ4n) is 1.88. The fourth-order valence-corrected chi connectivity index (χ4v) is 1.88. The van der Waals surface area contributed by atoms with Crippen molar-refractivity contribution in [1.29, 1.82) is 0 Å². The summed E-state index contributed by atoms with van der Waals surface area (Å²) in [5.74, 6) is 0.413. The molecule has 1 aliphatic rings. The van der Waals surface area contributed by atoms with Crippen LogP contribution in [0.3, 0.4) is 0 Å². The summed E-state index contributed by atoms with van der Waals surface area (Å²) in [5, 5.41) is 0. The molecule has 3 nitrogen and oxygen atoms in total. The van der Waals surface area contributed by atoms with E-state index in [1.165, 1.54) is 6.07 Å². The Morgan fingerprint density at radius 1 is 1.06 bits per heavy atom. The van der Waals surface area contributed by atoms with Gasteiger partial charge in [0, 0.05) is 0 Å². The summed E-state index contributed by atoms with van der Waals surface area (Å²) in [6.45, 7) is 0. The van der Waals surface area contributed by atoms with E-state index in [1.54, 1.807) is 36.4 Å². The summed E-state index contributed by atoms with van der Waals surface area (Å²) >= 11 is 0. The number of carbonyl (C=O) groups is 1. The van der Waals surface area contributed by atoms with Crippen molar-refractivity contribution in [3.8, 4) is 11.5 Å². The first-order valence-electron chi connectivity index (χ1n) is 5.45. The summed E-state index contributed by atoms with van der Waals surface area (Å²) in [6, 6.07) is 11.2. The highest BCUT2D eigenvalue weighted by Crippen LogP contribution is 2.42. The molecular formula is C14H9FO3. The summed E-state index contributed by atoms with van der Waals surface area (Å²) in [5.41, 5.74) is 0.705. The van der Waals surface area contributed by atoms with Crippen LogP contribution in [0.5, 0.6) is 11.5 Å². The number of aldehydes is 1. The van der Waals surface area contributed by atoms with Crippen molar-refractivity contribution >= 4 is 6.29 Å². The second kappa shape index (κ2) is 4.14. The van der Waals surface area contributed by atoms with Gasteiger partial charge in [-0.05, 0) is 24.3 Å². The van der Waals surface area contributed by atoms with Crippen molar-refractivity contribution < 1.29 is 18.7 Å². The number of carbonyl (C=O) groups excluding carboxylic acids is 1. The van der Waals surface area contributed by atoms with Crippen LogP contribution in [0.4, 0.5) is 4.39 Å². The maximum atomic E-state index is 13.6. The van der Waals surface area contributed by atoms with Crippen molar-refractivity contribution in [3.05, 3.63) is 59.4 Å². The van der Waals surface area contributed by atoms with Gasteiger partial charge in [-0.3, -0.25) is 4.79 Å². The van der Waals surface area contributed by atoms with E-state index in [1.807, 2.05) is 0 Å². The Bertz CT molecular complexity index is 610. The van der Waals surface area contributed by atoms with E-state index in [4.69, 9.17) is 9.47 Å². The maximum absolute atomic E-state index is 13.6. The van der Waals surface area contributed by atoms with Crippen molar-refractivity contribution in [2.24, 2.45) is 0 Å². The van der Waals surface area contributed by atoms with Crippen LogP contribution in [-0.4, -0.2) is 6.29 Å². The molecule has 0 spiro atoms. The maximum Gasteiger partial charge on any atom is 0.270 e. The number of halogens is 1. The average Bonchev–Trinajstić information content (AvgIpc) is 2.82. The lowest BCUT2D eigenvalue weighted by Gasteiger charge is -2.10. The molecule has 1 atom stereocenters. The van der Waals surface area contributed by atoms with Gasteiger partial charge in [-0.1, -0.05) is 18.2 Å². The number of fused-ring (bicyclic) bond motifs is 1. The monoisotopic (exact) mass is 244 g/mol. The predicted octanol–water partition coefficient (Wildman–Crippen LogP) is 3.11. The number of para-hydroxylation sites is 1. The van der Waals surface area contributed by atoms with Gasteiger partial charge in [0.05, 0.1) is 11.1 Å². The van der Waals surface area contributed by atoms with Gasteiger partial charge in [0.25, 0.3) is 6.29 Å². The Kier molecular flexibility index (Phi) is 2.48. The van der Waals surface area contributed by atoms with Crippen LogP contribution in [0.15, 0.2) is 42.5 Å². The molecule has 0 bridgehead atoms. The highest BCUT2D eigenvalue weighted by Gasteiger charge is 2.29. The molecule has 4 heteroatoms. The molecule has 3 rings (SSSR count). The van der Waals surface area contributed by atoms with Gasteiger partial charge in [0.2, 0.25) is 0 Å². The normalized spacial score (nSPS) is 16.6. The summed E-state index contributed by atoms with van der Waals surface area (Å²) in [7, 11) is 0. The SMILES string of the molecule is O=Cc1cccc2c1O[C@@H](c1ccccc1F)O2. The Balaban J connectivity index is 1.98. The van der Waals surface area contributed by atoms with Crippen LogP contribution in [-0.2, 0) is 0 Å². The number of hydrogen-bond acceptors (Lipinski definition) is 3. The van der Waals surface area contributed by atoms with Gasteiger partial charge in [-0.25, -0.2) is 4.39 Å². The third kappa shape index (κ3) is 1.62. The van der Waals surface area contributed by atoms with Gasteiger partial charge >= 0.3 is 0 Å². The zero-order valence-electron chi connectivity index (χ0n) is 9.30. The molecular weight excluding hydrogens is 235 g/mol. The molecule has 0 radical (unpaired) electrons. The second-order valence-electron chi connectivity index (χ2n) is 3.88. The average molecular weight is 244 g/mol. The van der Waals surface area contributed by atoms with Crippen molar-refractivity contribution in [2.75, 3.05) is 0 Å². The molecule has 0 aliphatic carbocycles. The van der Waals surface area contributed by atoms with E-state index in [2.05, 4.69) is 0 Å². The number of ether oxygens (including phenoxy) is 2. The standard InChI is InChI=1S/C14H9FO3/c15-11-6-2-1-5-10(11)14-17-12-7-3-4-9(8-16)13(12)18-14/h1-8,14H/t14-/m0/s1. The van der Waals surface area contributed by atoms with E-state index in [9.17, 15) is 9.18 Å². The Morgan fingerprint density at radius 2 is 1.89 bits per heavy atom. The molecule has 0 saturated carbocycles. The van der Waals surface area contributed by atoms with E-state index < -0.39 is 12.1 Å². The predicted molar refractivity (Wildman–Crippen MR) is 62.2 cm³/mol. The van der Waals surface area contributed by atoms with Crippen LogP contribution >= 0.6 is 0 Å². The Labute approximate surface area is 103 Å². The van der Waals surface area contributed by atoms with Gasteiger partial charge in [-0.15, -0.1) is 0 Å². The van der Waals surface area contributed by atoms with Crippen LogP contribution in [0.2, 0.25) is 0 Å². The van der Waals surface area contributed by atoms with Gasteiger partial charge < -0.3 is 9.47 Å². The Morgan fingerprint density at radius 3 is 2.67 bits per heavy atom. The minimum Gasteiger partial charge on any atom is -0.447 e. The molecule has 0 fully saturated rings. The van der Waals surface area contributed by atoms with Crippen molar-refractivity contribution in [2.45, 2.75) is 6.29 Å².